The van der Waals surface area contributed by atoms with Crippen LogP contribution in [0, 0.1) is 0 Å². The summed E-state index contributed by atoms with van der Waals surface area (Å²) in [7, 11) is 0. The van der Waals surface area contributed by atoms with Gasteiger partial charge in [-0.1, -0.05) is 24.4 Å². The number of rotatable bonds is 1. The van der Waals surface area contributed by atoms with E-state index in [4.69, 9.17) is 11.6 Å². The van der Waals surface area contributed by atoms with Gasteiger partial charge in [0.05, 0.1) is 0 Å². The van der Waals surface area contributed by atoms with E-state index >= 15 is 0 Å². The molecule has 0 spiro atoms. The van der Waals surface area contributed by atoms with Gasteiger partial charge in [-0.3, -0.25) is 4.79 Å². The molecule has 2 aromatic rings. The monoisotopic (exact) mass is 276 g/mol. The third kappa shape index (κ3) is 2.61. The number of H-pyrrole nitrogens is 1. The first-order valence-electron chi connectivity index (χ1n) is 6.81. The normalized spacial score (nSPS) is 16.6. The standard InChI is InChI=1S/C15H17ClN2O/c16-12-5-6-13-11(9-12)10-14(17-13)15(19)18-7-3-1-2-4-8-18/h5-6,9-10,17H,1-4,7-8H2. The van der Waals surface area contributed by atoms with Gasteiger partial charge in [0, 0.05) is 29.0 Å². The number of hydrogen-bond donors (Lipinski definition) is 1. The van der Waals surface area contributed by atoms with Gasteiger partial charge in [-0.15, -0.1) is 0 Å². The highest BCUT2D eigenvalue weighted by Gasteiger charge is 2.18. The van der Waals surface area contributed by atoms with Crippen molar-refractivity contribution < 1.29 is 4.79 Å². The summed E-state index contributed by atoms with van der Waals surface area (Å²) in [5.41, 5.74) is 1.63. The molecule has 1 amide bonds. The van der Waals surface area contributed by atoms with E-state index in [9.17, 15) is 4.79 Å². The lowest BCUT2D eigenvalue weighted by Crippen LogP contribution is -2.32. The average molecular weight is 277 g/mol. The second-order valence-corrected chi connectivity index (χ2v) is 5.56. The van der Waals surface area contributed by atoms with Crippen molar-refractivity contribution in [2.45, 2.75) is 25.7 Å². The van der Waals surface area contributed by atoms with Crippen LogP contribution in [0.5, 0.6) is 0 Å². The molecule has 0 atom stereocenters. The molecule has 3 nitrogen and oxygen atoms in total. The Hall–Kier alpha value is -1.48. The largest absolute Gasteiger partial charge is 0.351 e. The van der Waals surface area contributed by atoms with E-state index in [0.29, 0.717) is 10.7 Å². The van der Waals surface area contributed by atoms with Gasteiger partial charge in [0.25, 0.3) is 5.91 Å². The topological polar surface area (TPSA) is 36.1 Å². The van der Waals surface area contributed by atoms with Gasteiger partial charge in [0.2, 0.25) is 0 Å². The lowest BCUT2D eigenvalue weighted by molar-refractivity contribution is 0.0757. The lowest BCUT2D eigenvalue weighted by atomic mass is 10.2. The molecule has 100 valence electrons. The lowest BCUT2D eigenvalue weighted by Gasteiger charge is -2.19. The molecule has 1 aliphatic rings. The number of amides is 1. The Balaban J connectivity index is 1.88. The van der Waals surface area contributed by atoms with Crippen LogP contribution in [-0.4, -0.2) is 28.9 Å². The summed E-state index contributed by atoms with van der Waals surface area (Å²) >= 11 is 5.97. The molecule has 1 fully saturated rings. The highest BCUT2D eigenvalue weighted by molar-refractivity contribution is 6.31. The van der Waals surface area contributed by atoms with Crippen LogP contribution in [0.2, 0.25) is 5.02 Å². The first-order valence-corrected chi connectivity index (χ1v) is 7.19. The number of nitrogens with zero attached hydrogens (tertiary/aromatic N) is 1. The molecule has 0 bridgehead atoms. The summed E-state index contributed by atoms with van der Waals surface area (Å²) in [5, 5.41) is 1.69. The van der Waals surface area contributed by atoms with Crippen LogP contribution >= 0.6 is 11.6 Å². The minimum absolute atomic E-state index is 0.106. The fraction of sp³-hybridized carbons (Fsp3) is 0.400. The molecule has 1 N–H and O–H groups in total. The summed E-state index contributed by atoms with van der Waals surface area (Å²) in [5.74, 6) is 0.106. The summed E-state index contributed by atoms with van der Waals surface area (Å²) in [6.07, 6.45) is 4.67. The Morgan fingerprint density at radius 2 is 1.84 bits per heavy atom. The number of nitrogens with one attached hydrogen (secondary N) is 1. The quantitative estimate of drug-likeness (QED) is 0.844. The number of fused-ring (bicyclic) bond motifs is 1. The van der Waals surface area contributed by atoms with E-state index < -0.39 is 0 Å². The van der Waals surface area contributed by atoms with E-state index in [1.165, 1.54) is 12.8 Å². The molecular weight excluding hydrogens is 260 g/mol. The highest BCUT2D eigenvalue weighted by Crippen LogP contribution is 2.21. The molecule has 4 heteroatoms. The number of carbonyl (C=O) groups is 1. The first kappa shape index (κ1) is 12.5. The predicted octanol–water partition coefficient (Wildman–Crippen LogP) is 3.84. The number of halogens is 1. The maximum Gasteiger partial charge on any atom is 0.270 e. The van der Waals surface area contributed by atoms with Gasteiger partial charge in [0.15, 0.2) is 0 Å². The predicted molar refractivity (Wildman–Crippen MR) is 77.7 cm³/mol. The molecule has 1 saturated heterocycles. The van der Waals surface area contributed by atoms with Crippen molar-refractivity contribution in [2.75, 3.05) is 13.1 Å². The van der Waals surface area contributed by atoms with Crippen molar-refractivity contribution in [3.05, 3.63) is 35.0 Å². The highest BCUT2D eigenvalue weighted by atomic mass is 35.5. The van der Waals surface area contributed by atoms with E-state index in [1.54, 1.807) is 0 Å². The number of aromatic amines is 1. The number of carbonyl (C=O) groups excluding carboxylic acids is 1. The zero-order chi connectivity index (χ0) is 13.2. The average Bonchev–Trinajstić information content (AvgIpc) is 2.64. The van der Waals surface area contributed by atoms with Gasteiger partial charge in [-0.05, 0) is 37.1 Å². The number of benzene rings is 1. The molecule has 1 aromatic heterocycles. The van der Waals surface area contributed by atoms with Crippen LogP contribution in [0.1, 0.15) is 36.2 Å². The fourth-order valence-corrected chi connectivity index (χ4v) is 2.84. The van der Waals surface area contributed by atoms with E-state index in [-0.39, 0.29) is 5.91 Å². The van der Waals surface area contributed by atoms with Gasteiger partial charge >= 0.3 is 0 Å². The SMILES string of the molecule is O=C(c1cc2cc(Cl)ccc2[nH]1)N1CCCCCC1. The third-order valence-electron chi connectivity index (χ3n) is 3.71. The van der Waals surface area contributed by atoms with Crippen molar-refractivity contribution >= 4 is 28.4 Å². The van der Waals surface area contributed by atoms with Crippen molar-refractivity contribution in [3.8, 4) is 0 Å². The molecule has 0 saturated carbocycles. The zero-order valence-corrected chi connectivity index (χ0v) is 11.5. The van der Waals surface area contributed by atoms with Crippen LogP contribution in [0.3, 0.4) is 0 Å². The van der Waals surface area contributed by atoms with E-state index in [2.05, 4.69) is 4.98 Å². The minimum Gasteiger partial charge on any atom is -0.351 e. The van der Waals surface area contributed by atoms with Crippen molar-refractivity contribution in [3.63, 3.8) is 0 Å². The summed E-state index contributed by atoms with van der Waals surface area (Å²) in [6, 6.07) is 7.53. The molecular formula is C15H17ClN2O. The van der Waals surface area contributed by atoms with Crippen LogP contribution in [-0.2, 0) is 0 Å². The molecule has 1 aliphatic heterocycles. The summed E-state index contributed by atoms with van der Waals surface area (Å²) in [6.45, 7) is 1.74. The molecule has 3 rings (SSSR count). The number of likely N-dealkylation sites (tertiary alicyclic amines) is 1. The molecule has 1 aromatic carbocycles. The Morgan fingerprint density at radius 1 is 1.11 bits per heavy atom. The maximum absolute atomic E-state index is 12.5. The number of hydrogen-bond acceptors (Lipinski definition) is 1. The zero-order valence-electron chi connectivity index (χ0n) is 10.8. The number of aromatic nitrogens is 1. The Morgan fingerprint density at radius 3 is 2.58 bits per heavy atom. The second kappa shape index (κ2) is 5.25. The molecule has 0 aliphatic carbocycles. The molecule has 19 heavy (non-hydrogen) atoms. The van der Waals surface area contributed by atoms with Gasteiger partial charge in [0.1, 0.15) is 5.69 Å². The first-order chi connectivity index (χ1) is 9.24. The van der Waals surface area contributed by atoms with Crippen molar-refractivity contribution in [1.29, 1.82) is 0 Å². The molecule has 0 unspecified atom stereocenters. The van der Waals surface area contributed by atoms with Crippen LogP contribution in [0.4, 0.5) is 0 Å². The molecule has 0 radical (unpaired) electrons. The second-order valence-electron chi connectivity index (χ2n) is 5.12. The summed E-state index contributed by atoms with van der Waals surface area (Å²) in [4.78, 5) is 17.6. The minimum atomic E-state index is 0.106. The van der Waals surface area contributed by atoms with Crippen LogP contribution < -0.4 is 0 Å². The van der Waals surface area contributed by atoms with Gasteiger partial charge in [-0.25, -0.2) is 0 Å². The van der Waals surface area contributed by atoms with E-state index in [0.717, 1.165) is 36.8 Å². The van der Waals surface area contributed by atoms with Crippen molar-refractivity contribution in [1.82, 2.24) is 9.88 Å². The third-order valence-corrected chi connectivity index (χ3v) is 3.94. The fourth-order valence-electron chi connectivity index (χ4n) is 2.66. The Bertz CT molecular complexity index is 597. The smallest absolute Gasteiger partial charge is 0.270 e. The van der Waals surface area contributed by atoms with Crippen LogP contribution in [0.25, 0.3) is 10.9 Å². The van der Waals surface area contributed by atoms with Crippen molar-refractivity contribution in [2.24, 2.45) is 0 Å². The van der Waals surface area contributed by atoms with Gasteiger partial charge in [-0.2, -0.15) is 0 Å². The molecule has 2 heterocycles. The maximum atomic E-state index is 12.5. The van der Waals surface area contributed by atoms with E-state index in [1.807, 2.05) is 29.2 Å². The van der Waals surface area contributed by atoms with Gasteiger partial charge < -0.3 is 9.88 Å². The Labute approximate surface area is 117 Å². The summed E-state index contributed by atoms with van der Waals surface area (Å²) < 4.78 is 0. The van der Waals surface area contributed by atoms with Crippen LogP contribution in [0.15, 0.2) is 24.3 Å². The Kier molecular flexibility index (Phi) is 3.47.